The largest absolute Gasteiger partial charge is 0.382 e. The van der Waals surface area contributed by atoms with Gasteiger partial charge in [-0.1, -0.05) is 18.9 Å². The van der Waals surface area contributed by atoms with E-state index in [1.165, 1.54) is 18.4 Å². The Kier molecular flexibility index (Phi) is 7.20. The molecule has 1 aromatic heterocycles. The fraction of sp³-hybridized carbons (Fsp3) is 0.533. The van der Waals surface area contributed by atoms with E-state index >= 15 is 0 Å². The van der Waals surface area contributed by atoms with Crippen LogP contribution in [0.25, 0.3) is 5.57 Å². The quantitative estimate of drug-likeness (QED) is 0.430. The van der Waals surface area contributed by atoms with Crippen LogP contribution in [0, 0.1) is 20.8 Å². The fourth-order valence-corrected chi connectivity index (χ4v) is 6.04. The minimum absolute atomic E-state index is 0.0517. The van der Waals surface area contributed by atoms with Crippen molar-refractivity contribution in [3.63, 3.8) is 0 Å². The topological polar surface area (TPSA) is 86.0 Å². The number of benzene rings is 1. The Balaban J connectivity index is 1.70. The highest BCUT2D eigenvalue weighted by Gasteiger charge is 2.33. The summed E-state index contributed by atoms with van der Waals surface area (Å²) in [7, 11) is 0. The number of aromatic nitrogens is 1. The molecule has 0 atom stereocenters. The van der Waals surface area contributed by atoms with Crippen molar-refractivity contribution in [2.75, 3.05) is 5.32 Å². The molecule has 4 N–H and O–H groups in total. The molecule has 1 aliphatic carbocycles. The highest BCUT2D eigenvalue weighted by atomic mass is 16.1. The molecule has 36 heavy (non-hydrogen) atoms. The zero-order valence-electron chi connectivity index (χ0n) is 22.9. The second-order valence-electron chi connectivity index (χ2n) is 12.0. The molecule has 2 aliphatic rings. The Morgan fingerprint density at radius 1 is 1.06 bits per heavy atom. The lowest BCUT2D eigenvalue weighted by molar-refractivity contribution is 0.0950. The van der Waals surface area contributed by atoms with Crippen molar-refractivity contribution in [2.24, 2.45) is 0 Å². The van der Waals surface area contributed by atoms with Gasteiger partial charge in [-0.15, -0.1) is 0 Å². The maximum Gasteiger partial charge on any atom is 0.253 e. The Morgan fingerprint density at radius 2 is 1.75 bits per heavy atom. The molecule has 0 bridgehead atoms. The molecular weight excluding hydrogens is 448 g/mol. The second kappa shape index (κ2) is 9.89. The third-order valence-corrected chi connectivity index (χ3v) is 7.49. The standard InChI is InChI=1S/C30H42N4O2/c1-18-12-19(2)32-28(36)25(18)17-31-27(35)24-13-21(22-15-29(4,5)34-30(6,7)16-22)14-26(20(24)3)33-23-10-8-9-11-23/h12-15,23,33-34H,8-11,16-17H2,1-7H3,(H,31,35)(H,32,36). The van der Waals surface area contributed by atoms with E-state index in [2.05, 4.69) is 60.8 Å². The van der Waals surface area contributed by atoms with Gasteiger partial charge in [0.2, 0.25) is 0 Å². The minimum atomic E-state index is -0.156. The number of aryl methyl sites for hydroxylation is 2. The summed E-state index contributed by atoms with van der Waals surface area (Å²) in [5.74, 6) is -0.156. The van der Waals surface area contributed by atoms with Crippen LogP contribution in [0.1, 0.15) is 98.1 Å². The van der Waals surface area contributed by atoms with Crippen LogP contribution >= 0.6 is 0 Å². The van der Waals surface area contributed by atoms with E-state index in [0.717, 1.165) is 47.3 Å². The van der Waals surface area contributed by atoms with Gasteiger partial charge in [-0.2, -0.15) is 0 Å². The number of carbonyl (C=O) groups excluding carboxylic acids is 1. The first-order valence-electron chi connectivity index (χ1n) is 13.2. The molecule has 0 spiro atoms. The van der Waals surface area contributed by atoms with Crippen LogP contribution in [0.4, 0.5) is 5.69 Å². The van der Waals surface area contributed by atoms with Gasteiger partial charge >= 0.3 is 0 Å². The molecule has 1 fully saturated rings. The molecule has 1 amide bonds. The van der Waals surface area contributed by atoms with Gasteiger partial charge in [0.25, 0.3) is 11.5 Å². The lowest BCUT2D eigenvalue weighted by atomic mass is 9.80. The number of pyridine rings is 1. The van der Waals surface area contributed by atoms with Crippen molar-refractivity contribution in [1.29, 1.82) is 0 Å². The van der Waals surface area contributed by atoms with Crippen molar-refractivity contribution < 1.29 is 4.79 Å². The molecule has 6 heteroatoms. The summed E-state index contributed by atoms with van der Waals surface area (Å²) in [6, 6.07) is 6.63. The van der Waals surface area contributed by atoms with E-state index in [4.69, 9.17) is 0 Å². The summed E-state index contributed by atoms with van der Waals surface area (Å²) in [4.78, 5) is 28.8. The van der Waals surface area contributed by atoms with Gasteiger partial charge in [0.1, 0.15) is 0 Å². The Labute approximate surface area is 215 Å². The van der Waals surface area contributed by atoms with E-state index in [0.29, 0.717) is 17.2 Å². The summed E-state index contributed by atoms with van der Waals surface area (Å²) >= 11 is 0. The molecule has 1 saturated carbocycles. The number of rotatable bonds is 6. The van der Waals surface area contributed by atoms with Crippen molar-refractivity contribution in [1.82, 2.24) is 15.6 Å². The van der Waals surface area contributed by atoms with Gasteiger partial charge in [0.05, 0.1) is 0 Å². The van der Waals surface area contributed by atoms with Crippen molar-refractivity contribution in [3.05, 3.63) is 68.1 Å². The first-order valence-corrected chi connectivity index (χ1v) is 13.2. The molecule has 4 rings (SSSR count). The number of anilines is 1. The number of amides is 1. The lowest BCUT2D eigenvalue weighted by Gasteiger charge is -2.41. The van der Waals surface area contributed by atoms with Crippen molar-refractivity contribution >= 4 is 17.2 Å². The summed E-state index contributed by atoms with van der Waals surface area (Å²) in [5.41, 5.74) is 6.92. The van der Waals surface area contributed by atoms with Gasteiger partial charge in [0.15, 0.2) is 0 Å². The van der Waals surface area contributed by atoms with Crippen LogP contribution in [0.2, 0.25) is 0 Å². The van der Waals surface area contributed by atoms with Crippen LogP contribution in [0.15, 0.2) is 29.1 Å². The highest BCUT2D eigenvalue weighted by Crippen LogP contribution is 2.37. The number of carbonyl (C=O) groups is 1. The summed E-state index contributed by atoms with van der Waals surface area (Å²) in [6.45, 7) is 14.8. The molecule has 1 aliphatic heterocycles. The molecule has 2 heterocycles. The third-order valence-electron chi connectivity index (χ3n) is 7.49. The number of H-pyrrole nitrogens is 1. The molecule has 194 valence electrons. The second-order valence-corrected chi connectivity index (χ2v) is 12.0. The predicted molar refractivity (Wildman–Crippen MR) is 149 cm³/mol. The predicted octanol–water partition coefficient (Wildman–Crippen LogP) is 5.52. The van der Waals surface area contributed by atoms with E-state index in [1.807, 2.05) is 32.9 Å². The zero-order valence-corrected chi connectivity index (χ0v) is 22.9. The Bertz CT molecular complexity index is 1250. The number of aromatic amines is 1. The highest BCUT2D eigenvalue weighted by molar-refractivity contribution is 5.98. The number of hydrogen-bond donors (Lipinski definition) is 4. The van der Waals surface area contributed by atoms with Gasteiger partial charge in [-0.3, -0.25) is 9.59 Å². The molecule has 1 aromatic carbocycles. The number of nitrogens with one attached hydrogen (secondary N) is 4. The molecule has 0 radical (unpaired) electrons. The van der Waals surface area contributed by atoms with Crippen molar-refractivity contribution in [2.45, 2.75) is 104 Å². The third kappa shape index (κ3) is 5.92. The molecule has 2 aromatic rings. The summed E-state index contributed by atoms with van der Waals surface area (Å²) < 4.78 is 0. The van der Waals surface area contributed by atoms with Crippen LogP contribution < -0.4 is 21.5 Å². The van der Waals surface area contributed by atoms with Crippen LogP contribution in [-0.2, 0) is 6.54 Å². The SMILES string of the molecule is Cc1cc(C)c(CNC(=O)c2cc(C3=CC(C)(C)NC(C)(C)C3)cc(NC3CCCC3)c2C)c(=O)[nH]1. The normalized spacial score (nSPS) is 19.1. The zero-order chi connectivity index (χ0) is 26.3. The molecule has 0 saturated heterocycles. The van der Waals surface area contributed by atoms with Crippen LogP contribution in [0.5, 0.6) is 0 Å². The monoisotopic (exact) mass is 490 g/mol. The van der Waals surface area contributed by atoms with Crippen LogP contribution in [0.3, 0.4) is 0 Å². The van der Waals surface area contributed by atoms with Gasteiger partial charge in [0, 0.05) is 46.2 Å². The Morgan fingerprint density at radius 3 is 2.39 bits per heavy atom. The van der Waals surface area contributed by atoms with E-state index in [9.17, 15) is 9.59 Å². The number of hydrogen-bond acceptors (Lipinski definition) is 4. The van der Waals surface area contributed by atoms with E-state index in [1.54, 1.807) is 0 Å². The lowest BCUT2D eigenvalue weighted by Crippen LogP contribution is -2.53. The fourth-order valence-electron chi connectivity index (χ4n) is 6.04. The molecular formula is C30H42N4O2. The Hall–Kier alpha value is -2.86. The van der Waals surface area contributed by atoms with Crippen molar-refractivity contribution in [3.8, 4) is 0 Å². The van der Waals surface area contributed by atoms with Gasteiger partial charge < -0.3 is 20.9 Å². The average molecular weight is 491 g/mol. The average Bonchev–Trinajstić information content (AvgIpc) is 3.25. The van der Waals surface area contributed by atoms with E-state index in [-0.39, 0.29) is 29.1 Å². The van der Waals surface area contributed by atoms with Crippen LogP contribution in [-0.4, -0.2) is 28.0 Å². The molecule has 0 unspecified atom stereocenters. The minimum Gasteiger partial charge on any atom is -0.382 e. The first-order chi connectivity index (χ1) is 16.8. The van der Waals surface area contributed by atoms with E-state index < -0.39 is 0 Å². The van der Waals surface area contributed by atoms with Gasteiger partial charge in [-0.05, 0) is 108 Å². The van der Waals surface area contributed by atoms with Gasteiger partial charge in [-0.25, -0.2) is 0 Å². The summed E-state index contributed by atoms with van der Waals surface area (Å²) in [6.07, 6.45) is 7.97. The first kappa shape index (κ1) is 26.2. The smallest absolute Gasteiger partial charge is 0.253 e. The molecule has 6 nitrogen and oxygen atoms in total. The summed E-state index contributed by atoms with van der Waals surface area (Å²) in [5, 5.41) is 10.5. The maximum atomic E-state index is 13.5. The maximum absolute atomic E-state index is 13.5.